The van der Waals surface area contributed by atoms with Crippen LogP contribution >= 0.6 is 0 Å². The summed E-state index contributed by atoms with van der Waals surface area (Å²) in [7, 11) is 0. The van der Waals surface area contributed by atoms with E-state index in [4.69, 9.17) is 4.74 Å². The highest BCUT2D eigenvalue weighted by Gasteiger charge is 2.21. The standard InChI is InChI=1S/C21H19NO4/c1-3-14-8-10-15(11-9-14)20(24)13(2)26-21(25)18-12-19(23)16-6-4-5-7-17(16)22-18/h4-13H,3H2,1-2H3,(H,22,23)/t13-/m0/s1. The summed E-state index contributed by atoms with van der Waals surface area (Å²) < 4.78 is 5.25. The third-order valence-electron chi connectivity index (χ3n) is 4.26. The van der Waals surface area contributed by atoms with Gasteiger partial charge in [-0.3, -0.25) is 9.59 Å². The normalized spacial score (nSPS) is 11.9. The molecule has 5 heteroatoms. The molecule has 0 aliphatic carbocycles. The van der Waals surface area contributed by atoms with Crippen LogP contribution in [0.15, 0.2) is 59.4 Å². The summed E-state index contributed by atoms with van der Waals surface area (Å²) in [5.41, 5.74) is 1.89. The van der Waals surface area contributed by atoms with Gasteiger partial charge in [-0.05, 0) is 31.0 Å². The van der Waals surface area contributed by atoms with E-state index in [9.17, 15) is 14.4 Å². The van der Waals surface area contributed by atoms with E-state index in [1.165, 1.54) is 13.0 Å². The lowest BCUT2D eigenvalue weighted by Gasteiger charge is -2.13. The number of carbonyl (C=O) groups excluding carboxylic acids is 2. The number of esters is 1. The molecule has 0 saturated carbocycles. The van der Waals surface area contributed by atoms with Crippen molar-refractivity contribution in [2.24, 2.45) is 0 Å². The van der Waals surface area contributed by atoms with E-state index < -0.39 is 12.1 Å². The van der Waals surface area contributed by atoms with E-state index in [2.05, 4.69) is 4.98 Å². The van der Waals surface area contributed by atoms with Crippen molar-refractivity contribution in [3.8, 4) is 0 Å². The van der Waals surface area contributed by atoms with Crippen LogP contribution in [0.5, 0.6) is 0 Å². The maximum Gasteiger partial charge on any atom is 0.355 e. The van der Waals surface area contributed by atoms with Gasteiger partial charge in [-0.25, -0.2) is 4.79 Å². The Kier molecular flexibility index (Phi) is 4.98. The number of aromatic amines is 1. The van der Waals surface area contributed by atoms with Gasteiger partial charge in [0.25, 0.3) is 0 Å². The van der Waals surface area contributed by atoms with Crippen LogP contribution in [0.25, 0.3) is 10.9 Å². The number of carbonyl (C=O) groups is 2. The number of rotatable bonds is 5. The summed E-state index contributed by atoms with van der Waals surface area (Å²) in [4.78, 5) is 39.8. The summed E-state index contributed by atoms with van der Waals surface area (Å²) in [6.07, 6.45) is -0.0705. The van der Waals surface area contributed by atoms with Crippen LogP contribution in [0.2, 0.25) is 0 Å². The molecule has 5 nitrogen and oxygen atoms in total. The number of para-hydroxylation sites is 1. The first-order chi connectivity index (χ1) is 12.5. The van der Waals surface area contributed by atoms with Gasteiger partial charge < -0.3 is 9.72 Å². The first kappa shape index (κ1) is 17.6. The largest absolute Gasteiger partial charge is 0.450 e. The minimum atomic E-state index is -0.954. The number of aryl methyl sites for hydroxylation is 1. The Hall–Kier alpha value is -3.21. The highest BCUT2D eigenvalue weighted by Crippen LogP contribution is 2.12. The van der Waals surface area contributed by atoms with Crippen molar-refractivity contribution in [3.63, 3.8) is 0 Å². The second kappa shape index (κ2) is 7.35. The molecule has 1 heterocycles. The first-order valence-corrected chi connectivity index (χ1v) is 8.45. The zero-order chi connectivity index (χ0) is 18.7. The molecule has 0 aliphatic rings. The van der Waals surface area contributed by atoms with E-state index in [-0.39, 0.29) is 16.9 Å². The summed E-state index contributed by atoms with van der Waals surface area (Å²) in [6, 6.07) is 15.3. The van der Waals surface area contributed by atoms with Gasteiger partial charge >= 0.3 is 5.97 Å². The second-order valence-electron chi connectivity index (χ2n) is 6.06. The van der Waals surface area contributed by atoms with Crippen LogP contribution in [-0.4, -0.2) is 22.8 Å². The van der Waals surface area contributed by atoms with E-state index in [0.29, 0.717) is 16.5 Å². The summed E-state index contributed by atoms with van der Waals surface area (Å²) >= 11 is 0. The minimum Gasteiger partial charge on any atom is -0.450 e. The zero-order valence-electron chi connectivity index (χ0n) is 14.6. The van der Waals surface area contributed by atoms with Crippen molar-refractivity contribution in [1.82, 2.24) is 4.98 Å². The van der Waals surface area contributed by atoms with Gasteiger partial charge in [0.15, 0.2) is 11.5 Å². The molecule has 0 aliphatic heterocycles. The lowest BCUT2D eigenvalue weighted by molar-refractivity contribution is 0.0313. The van der Waals surface area contributed by atoms with Crippen LogP contribution in [0.1, 0.15) is 40.3 Å². The number of benzene rings is 2. The van der Waals surface area contributed by atoms with Gasteiger partial charge in [0.05, 0.1) is 0 Å². The third kappa shape index (κ3) is 3.57. The molecule has 1 N–H and O–H groups in total. The predicted octanol–water partition coefficient (Wildman–Crippen LogP) is 3.52. The number of fused-ring (bicyclic) bond motifs is 1. The van der Waals surface area contributed by atoms with Gasteiger partial charge in [-0.2, -0.15) is 0 Å². The number of pyridine rings is 1. The Morgan fingerprint density at radius 1 is 1.08 bits per heavy atom. The third-order valence-corrected chi connectivity index (χ3v) is 4.26. The number of ether oxygens (including phenoxy) is 1. The smallest absolute Gasteiger partial charge is 0.355 e. The average Bonchev–Trinajstić information content (AvgIpc) is 2.67. The molecular formula is C21H19NO4. The molecule has 0 unspecified atom stereocenters. The number of aromatic nitrogens is 1. The molecule has 0 fully saturated rings. The molecule has 1 atom stereocenters. The number of nitrogens with one attached hydrogen (secondary N) is 1. The SMILES string of the molecule is CCc1ccc(C(=O)[C@H](C)OC(=O)c2cc(=O)c3ccccc3[nH]2)cc1. The second-order valence-corrected chi connectivity index (χ2v) is 6.06. The highest BCUT2D eigenvalue weighted by molar-refractivity contribution is 6.01. The van der Waals surface area contributed by atoms with Gasteiger partial charge in [-0.15, -0.1) is 0 Å². The van der Waals surface area contributed by atoms with Gasteiger partial charge in [0, 0.05) is 22.5 Å². The first-order valence-electron chi connectivity index (χ1n) is 8.45. The van der Waals surface area contributed by atoms with Gasteiger partial charge in [0.2, 0.25) is 5.78 Å². The van der Waals surface area contributed by atoms with Crippen LogP contribution in [0.4, 0.5) is 0 Å². The van der Waals surface area contributed by atoms with Crippen LogP contribution in [0, 0.1) is 0 Å². The molecule has 3 rings (SSSR count). The lowest BCUT2D eigenvalue weighted by atomic mass is 10.0. The summed E-state index contributed by atoms with van der Waals surface area (Å²) in [5.74, 6) is -1.02. The maximum absolute atomic E-state index is 12.4. The molecule has 1 aromatic heterocycles. The number of hydrogen-bond acceptors (Lipinski definition) is 4. The van der Waals surface area contributed by atoms with Crippen molar-refractivity contribution in [1.29, 1.82) is 0 Å². The maximum atomic E-state index is 12.4. The Bertz CT molecular complexity index is 1020. The van der Waals surface area contributed by atoms with Gasteiger partial charge in [-0.1, -0.05) is 43.3 Å². The Morgan fingerprint density at radius 2 is 1.77 bits per heavy atom. The fourth-order valence-corrected chi connectivity index (χ4v) is 2.72. The molecular weight excluding hydrogens is 330 g/mol. The molecule has 0 bridgehead atoms. The lowest BCUT2D eigenvalue weighted by Crippen LogP contribution is -2.25. The molecule has 26 heavy (non-hydrogen) atoms. The zero-order valence-corrected chi connectivity index (χ0v) is 14.6. The Morgan fingerprint density at radius 3 is 2.46 bits per heavy atom. The number of H-pyrrole nitrogens is 1. The molecule has 3 aromatic rings. The fourth-order valence-electron chi connectivity index (χ4n) is 2.72. The molecule has 132 valence electrons. The number of ketones is 1. The fraction of sp³-hybridized carbons (Fsp3) is 0.190. The van der Waals surface area contributed by atoms with Crippen molar-refractivity contribution in [2.75, 3.05) is 0 Å². The van der Waals surface area contributed by atoms with Crippen molar-refractivity contribution < 1.29 is 14.3 Å². The summed E-state index contributed by atoms with van der Waals surface area (Å²) in [6.45, 7) is 3.55. The average molecular weight is 349 g/mol. The number of hydrogen-bond donors (Lipinski definition) is 1. The molecule has 2 aromatic carbocycles. The highest BCUT2D eigenvalue weighted by atomic mass is 16.5. The molecule has 0 saturated heterocycles. The monoisotopic (exact) mass is 349 g/mol. The van der Waals surface area contributed by atoms with E-state index >= 15 is 0 Å². The van der Waals surface area contributed by atoms with E-state index in [1.54, 1.807) is 36.4 Å². The molecule has 0 amide bonds. The number of Topliss-reactive ketones (excluding diaryl/α,β-unsaturated/α-hetero) is 1. The van der Waals surface area contributed by atoms with Gasteiger partial charge in [0.1, 0.15) is 5.69 Å². The van der Waals surface area contributed by atoms with E-state index in [1.807, 2.05) is 19.1 Å². The molecule has 0 radical (unpaired) electrons. The topological polar surface area (TPSA) is 76.2 Å². The van der Waals surface area contributed by atoms with Crippen molar-refractivity contribution in [2.45, 2.75) is 26.4 Å². The van der Waals surface area contributed by atoms with E-state index in [0.717, 1.165) is 12.0 Å². The minimum absolute atomic E-state index is 0.0229. The van der Waals surface area contributed by atoms with Crippen molar-refractivity contribution >= 4 is 22.7 Å². The van der Waals surface area contributed by atoms with Crippen LogP contribution in [-0.2, 0) is 11.2 Å². The molecule has 0 spiro atoms. The van der Waals surface area contributed by atoms with Crippen molar-refractivity contribution in [3.05, 3.63) is 81.6 Å². The Balaban J connectivity index is 1.78. The Labute approximate surface area is 150 Å². The van der Waals surface area contributed by atoms with Crippen LogP contribution < -0.4 is 5.43 Å². The predicted molar refractivity (Wildman–Crippen MR) is 99.6 cm³/mol. The quantitative estimate of drug-likeness (QED) is 0.565. The summed E-state index contributed by atoms with van der Waals surface area (Å²) in [5, 5.41) is 0.490. The van der Waals surface area contributed by atoms with Crippen LogP contribution in [0.3, 0.4) is 0 Å².